The third kappa shape index (κ3) is 5.15. The maximum absolute atomic E-state index is 12.4. The Labute approximate surface area is 137 Å². The van der Waals surface area contributed by atoms with E-state index >= 15 is 0 Å². The summed E-state index contributed by atoms with van der Waals surface area (Å²) in [7, 11) is -3.42. The highest BCUT2D eigenvalue weighted by Crippen LogP contribution is 2.17. The number of para-hydroxylation sites is 1. The number of sulfonamides is 1. The molecule has 1 aromatic rings. The molecule has 1 heterocycles. The zero-order valence-corrected chi connectivity index (χ0v) is 14.3. The minimum absolute atomic E-state index is 0. The molecule has 6 nitrogen and oxygen atoms in total. The number of benzene rings is 1. The molecule has 8 heteroatoms. The molecule has 124 valence electrons. The quantitative estimate of drug-likeness (QED) is 0.767. The summed E-state index contributed by atoms with van der Waals surface area (Å²) in [6, 6.07) is 6.86. The van der Waals surface area contributed by atoms with Crippen LogP contribution in [0.4, 0.5) is 5.69 Å². The van der Waals surface area contributed by atoms with E-state index < -0.39 is 10.0 Å². The summed E-state index contributed by atoms with van der Waals surface area (Å²) >= 11 is 0. The number of piperidine rings is 1. The van der Waals surface area contributed by atoms with Crippen molar-refractivity contribution in [2.24, 2.45) is 0 Å². The molecule has 0 saturated carbocycles. The highest BCUT2D eigenvalue weighted by Gasteiger charge is 2.24. The van der Waals surface area contributed by atoms with Crippen molar-refractivity contribution in [1.29, 1.82) is 0 Å². The van der Waals surface area contributed by atoms with E-state index in [1.54, 1.807) is 24.3 Å². The third-order valence-corrected chi connectivity index (χ3v) is 4.14. The average molecular weight is 348 g/mol. The summed E-state index contributed by atoms with van der Waals surface area (Å²) in [6.45, 7) is 2.99. The number of carbonyl (C=O) groups excluding carboxylic acids is 1. The van der Waals surface area contributed by atoms with E-state index in [0.717, 1.165) is 25.6 Å². The van der Waals surface area contributed by atoms with Crippen LogP contribution in [0.15, 0.2) is 24.3 Å². The summed E-state index contributed by atoms with van der Waals surface area (Å²) in [5, 5.41) is 6.29. The van der Waals surface area contributed by atoms with Gasteiger partial charge in [-0.2, -0.15) is 0 Å². The van der Waals surface area contributed by atoms with Crippen molar-refractivity contribution in [3.8, 4) is 0 Å². The van der Waals surface area contributed by atoms with E-state index in [2.05, 4.69) is 15.4 Å². The second-order valence-electron chi connectivity index (χ2n) is 5.38. The third-order valence-electron chi connectivity index (χ3n) is 3.55. The van der Waals surface area contributed by atoms with Crippen LogP contribution in [0, 0.1) is 0 Å². The Morgan fingerprint density at radius 3 is 2.64 bits per heavy atom. The number of anilines is 1. The zero-order valence-electron chi connectivity index (χ0n) is 12.6. The Morgan fingerprint density at radius 2 is 2.00 bits per heavy atom. The van der Waals surface area contributed by atoms with Gasteiger partial charge in [0.05, 0.1) is 17.5 Å². The minimum Gasteiger partial charge on any atom is -0.348 e. The predicted octanol–water partition coefficient (Wildman–Crippen LogP) is 1.35. The molecule has 1 aliphatic rings. The first-order chi connectivity index (χ1) is 9.87. The molecule has 22 heavy (non-hydrogen) atoms. The number of rotatable bonds is 4. The maximum Gasteiger partial charge on any atom is 0.253 e. The lowest BCUT2D eigenvalue weighted by Crippen LogP contribution is -2.52. The molecular formula is C14H22ClN3O3S. The Bertz CT molecular complexity index is 622. The van der Waals surface area contributed by atoms with E-state index in [1.165, 1.54) is 0 Å². The number of hydrogen-bond donors (Lipinski definition) is 3. The van der Waals surface area contributed by atoms with Gasteiger partial charge in [-0.05, 0) is 38.4 Å². The van der Waals surface area contributed by atoms with Crippen LogP contribution in [0.2, 0.25) is 0 Å². The number of halogens is 1. The van der Waals surface area contributed by atoms with Crippen molar-refractivity contribution in [2.45, 2.75) is 31.8 Å². The lowest BCUT2D eigenvalue weighted by molar-refractivity contribution is 0.0921. The number of nitrogens with one attached hydrogen (secondary N) is 3. The number of amides is 1. The van der Waals surface area contributed by atoms with Crippen LogP contribution in [0.1, 0.15) is 30.1 Å². The van der Waals surface area contributed by atoms with Gasteiger partial charge in [0.1, 0.15) is 0 Å². The molecule has 0 aliphatic carbocycles. The highest BCUT2D eigenvalue weighted by atomic mass is 35.5. The van der Waals surface area contributed by atoms with Gasteiger partial charge >= 0.3 is 0 Å². The van der Waals surface area contributed by atoms with Crippen molar-refractivity contribution in [1.82, 2.24) is 10.6 Å². The van der Waals surface area contributed by atoms with E-state index in [-0.39, 0.29) is 30.4 Å². The van der Waals surface area contributed by atoms with Gasteiger partial charge in [-0.1, -0.05) is 12.1 Å². The van der Waals surface area contributed by atoms with Crippen LogP contribution >= 0.6 is 12.4 Å². The second kappa shape index (κ2) is 7.80. The van der Waals surface area contributed by atoms with Crippen LogP contribution in [-0.2, 0) is 10.0 Å². The van der Waals surface area contributed by atoms with Crippen LogP contribution in [0.25, 0.3) is 0 Å². The molecule has 3 N–H and O–H groups in total. The Kier molecular flexibility index (Phi) is 6.65. The topological polar surface area (TPSA) is 87.3 Å². The molecule has 1 aliphatic heterocycles. The molecule has 0 aromatic heterocycles. The van der Waals surface area contributed by atoms with Crippen molar-refractivity contribution >= 4 is 34.0 Å². The van der Waals surface area contributed by atoms with Crippen molar-refractivity contribution in [2.75, 3.05) is 17.5 Å². The average Bonchev–Trinajstić information content (AvgIpc) is 2.40. The molecule has 1 amide bonds. The smallest absolute Gasteiger partial charge is 0.253 e. The van der Waals surface area contributed by atoms with Crippen LogP contribution in [0.5, 0.6) is 0 Å². The zero-order chi connectivity index (χ0) is 15.5. The number of hydrogen-bond acceptors (Lipinski definition) is 4. The van der Waals surface area contributed by atoms with Crippen molar-refractivity contribution in [3.63, 3.8) is 0 Å². The van der Waals surface area contributed by atoms with E-state index in [4.69, 9.17) is 0 Å². The predicted molar refractivity (Wildman–Crippen MR) is 90.1 cm³/mol. The fraction of sp³-hybridized carbons (Fsp3) is 0.500. The molecule has 1 aromatic carbocycles. The molecule has 0 radical (unpaired) electrons. The fourth-order valence-corrected chi connectivity index (χ4v) is 3.03. The van der Waals surface area contributed by atoms with Gasteiger partial charge in [-0.25, -0.2) is 8.42 Å². The van der Waals surface area contributed by atoms with Gasteiger partial charge in [0.25, 0.3) is 5.91 Å². The lowest BCUT2D eigenvalue weighted by atomic mass is 9.99. The Balaban J connectivity index is 0.00000242. The number of carbonyl (C=O) groups is 1. The normalized spacial score (nSPS) is 21.5. The Morgan fingerprint density at radius 1 is 1.32 bits per heavy atom. The SMILES string of the molecule is CC1NCCCC1NC(=O)c1ccccc1NS(C)(=O)=O.Cl. The highest BCUT2D eigenvalue weighted by molar-refractivity contribution is 7.92. The van der Waals surface area contributed by atoms with Crippen molar-refractivity contribution in [3.05, 3.63) is 29.8 Å². The van der Waals surface area contributed by atoms with Gasteiger partial charge in [0.15, 0.2) is 0 Å². The molecule has 1 fully saturated rings. The van der Waals surface area contributed by atoms with E-state index in [0.29, 0.717) is 11.3 Å². The van der Waals surface area contributed by atoms with E-state index in [1.807, 2.05) is 6.92 Å². The Hall–Kier alpha value is -1.31. The van der Waals surface area contributed by atoms with Crippen LogP contribution in [0.3, 0.4) is 0 Å². The van der Waals surface area contributed by atoms with Gasteiger partial charge in [0.2, 0.25) is 10.0 Å². The summed E-state index contributed by atoms with van der Waals surface area (Å²) < 4.78 is 25.1. The van der Waals surface area contributed by atoms with Crippen molar-refractivity contribution < 1.29 is 13.2 Å². The fourth-order valence-electron chi connectivity index (χ4n) is 2.46. The summed E-state index contributed by atoms with van der Waals surface area (Å²) in [5.74, 6) is -0.262. The minimum atomic E-state index is -3.42. The largest absolute Gasteiger partial charge is 0.348 e. The second-order valence-corrected chi connectivity index (χ2v) is 7.13. The molecule has 1 saturated heterocycles. The summed E-state index contributed by atoms with van der Waals surface area (Å²) in [5.41, 5.74) is 0.634. The first-order valence-electron chi connectivity index (χ1n) is 6.98. The first kappa shape index (κ1) is 18.7. The van der Waals surface area contributed by atoms with Gasteiger partial charge < -0.3 is 10.6 Å². The standard InChI is InChI=1S/C14H21N3O3S.ClH/c1-10-12(8-5-9-15-10)16-14(18)11-6-3-4-7-13(11)17-21(2,19)20;/h3-4,6-7,10,12,15,17H,5,8-9H2,1-2H3,(H,16,18);1H. The first-order valence-corrected chi connectivity index (χ1v) is 8.87. The summed E-state index contributed by atoms with van der Waals surface area (Å²) in [4.78, 5) is 12.4. The van der Waals surface area contributed by atoms with Gasteiger partial charge in [0, 0.05) is 12.1 Å². The summed E-state index contributed by atoms with van der Waals surface area (Å²) in [6.07, 6.45) is 2.99. The molecule has 2 rings (SSSR count). The monoisotopic (exact) mass is 347 g/mol. The lowest BCUT2D eigenvalue weighted by Gasteiger charge is -2.30. The van der Waals surface area contributed by atoms with Crippen LogP contribution in [-0.4, -0.2) is 39.2 Å². The van der Waals surface area contributed by atoms with Gasteiger partial charge in [-0.3, -0.25) is 9.52 Å². The van der Waals surface area contributed by atoms with E-state index in [9.17, 15) is 13.2 Å². The molecule has 2 atom stereocenters. The molecule has 2 unspecified atom stereocenters. The van der Waals surface area contributed by atoms with Crippen LogP contribution < -0.4 is 15.4 Å². The van der Waals surface area contributed by atoms with Gasteiger partial charge in [-0.15, -0.1) is 12.4 Å². The molecule has 0 spiro atoms. The molecular weight excluding hydrogens is 326 g/mol. The maximum atomic E-state index is 12.4. The molecule has 0 bridgehead atoms.